The Balaban J connectivity index is 1.57. The Hall–Kier alpha value is -2.29. The Labute approximate surface area is 171 Å². The topological polar surface area (TPSA) is 69.7 Å². The van der Waals surface area contributed by atoms with E-state index in [0.717, 1.165) is 17.7 Å². The molecule has 156 valence electrons. The highest BCUT2D eigenvalue weighted by atomic mass is 32.2. The van der Waals surface area contributed by atoms with Crippen molar-refractivity contribution in [2.24, 2.45) is 0 Å². The second-order valence-corrected chi connectivity index (χ2v) is 9.15. The lowest BCUT2D eigenvalue weighted by Crippen LogP contribution is -2.55. The summed E-state index contributed by atoms with van der Waals surface area (Å²) in [6, 6.07) is 14.1. The van der Waals surface area contributed by atoms with Gasteiger partial charge in [-0.15, -0.1) is 0 Å². The van der Waals surface area contributed by atoms with Gasteiger partial charge in [0.1, 0.15) is 5.82 Å². The maximum atomic E-state index is 13.1. The lowest BCUT2D eigenvalue weighted by molar-refractivity contribution is -0.127. The molecule has 0 aromatic heterocycles. The molecule has 0 radical (unpaired) electrons. The highest BCUT2D eigenvalue weighted by molar-refractivity contribution is 7.89. The molecule has 0 saturated carbocycles. The Morgan fingerprint density at radius 3 is 2.14 bits per heavy atom. The lowest BCUT2D eigenvalue weighted by Gasteiger charge is -2.37. The second kappa shape index (κ2) is 9.02. The number of piperazine rings is 1. The van der Waals surface area contributed by atoms with E-state index in [1.54, 1.807) is 0 Å². The van der Waals surface area contributed by atoms with Gasteiger partial charge in [0.2, 0.25) is 15.9 Å². The highest BCUT2D eigenvalue weighted by Crippen LogP contribution is 2.19. The Kier molecular flexibility index (Phi) is 6.66. The van der Waals surface area contributed by atoms with Gasteiger partial charge < -0.3 is 5.32 Å². The molecular formula is C21H26FN3O3S. The van der Waals surface area contributed by atoms with E-state index in [1.807, 2.05) is 49.1 Å². The number of nitrogens with zero attached hydrogens (tertiary/aromatic N) is 2. The molecule has 1 heterocycles. The van der Waals surface area contributed by atoms with Gasteiger partial charge in [-0.2, -0.15) is 4.31 Å². The minimum Gasteiger partial charge on any atom is -0.348 e. The van der Waals surface area contributed by atoms with Crippen LogP contribution < -0.4 is 5.32 Å². The van der Waals surface area contributed by atoms with Crippen molar-refractivity contribution in [1.82, 2.24) is 14.5 Å². The number of hydrogen-bond acceptors (Lipinski definition) is 4. The van der Waals surface area contributed by atoms with E-state index in [4.69, 9.17) is 0 Å². The molecule has 0 unspecified atom stereocenters. The van der Waals surface area contributed by atoms with Crippen LogP contribution in [0.1, 0.15) is 25.5 Å². The standard InChI is InChI=1S/C21H26FN3O3S/c1-16(18-6-4-3-5-7-18)23-21(26)17(2)24-12-14-25(15-13-24)29(27,28)20-10-8-19(22)9-11-20/h3-11,16-17H,12-15H2,1-2H3,(H,23,26)/t16-,17-/m1/s1. The summed E-state index contributed by atoms with van der Waals surface area (Å²) in [5.41, 5.74) is 1.03. The number of sulfonamides is 1. The summed E-state index contributed by atoms with van der Waals surface area (Å²) in [6.07, 6.45) is 0. The molecule has 1 aliphatic rings. The fourth-order valence-electron chi connectivity index (χ4n) is 3.41. The molecular weight excluding hydrogens is 393 g/mol. The van der Waals surface area contributed by atoms with E-state index in [2.05, 4.69) is 5.32 Å². The van der Waals surface area contributed by atoms with Crippen molar-refractivity contribution in [3.8, 4) is 0 Å². The SMILES string of the molecule is C[C@H](C(=O)N[C@H](C)c1ccccc1)N1CCN(S(=O)(=O)c2ccc(F)cc2)CC1. The van der Waals surface area contributed by atoms with Crippen molar-refractivity contribution < 1.29 is 17.6 Å². The summed E-state index contributed by atoms with van der Waals surface area (Å²) in [5.74, 6) is -0.561. The first-order chi connectivity index (χ1) is 13.8. The summed E-state index contributed by atoms with van der Waals surface area (Å²) in [6.45, 7) is 5.24. The van der Waals surface area contributed by atoms with E-state index < -0.39 is 15.8 Å². The largest absolute Gasteiger partial charge is 0.348 e. The van der Waals surface area contributed by atoms with Crippen molar-refractivity contribution in [2.45, 2.75) is 30.8 Å². The number of rotatable bonds is 6. The first-order valence-electron chi connectivity index (χ1n) is 9.64. The molecule has 0 spiro atoms. The number of carbonyl (C=O) groups is 1. The molecule has 2 aromatic rings. The Morgan fingerprint density at radius 2 is 1.55 bits per heavy atom. The minimum absolute atomic E-state index is 0.0785. The monoisotopic (exact) mass is 419 g/mol. The lowest BCUT2D eigenvalue weighted by atomic mass is 10.1. The van der Waals surface area contributed by atoms with Gasteiger partial charge in [-0.05, 0) is 43.7 Å². The molecule has 6 nitrogen and oxygen atoms in total. The van der Waals surface area contributed by atoms with Crippen LogP contribution in [-0.4, -0.2) is 55.8 Å². The molecule has 0 bridgehead atoms. The van der Waals surface area contributed by atoms with Crippen LogP contribution >= 0.6 is 0 Å². The minimum atomic E-state index is -3.66. The number of hydrogen-bond donors (Lipinski definition) is 1. The molecule has 1 amide bonds. The van der Waals surface area contributed by atoms with Gasteiger partial charge in [-0.25, -0.2) is 12.8 Å². The van der Waals surface area contributed by atoms with Crippen LogP contribution in [0.25, 0.3) is 0 Å². The van der Waals surface area contributed by atoms with Crippen molar-refractivity contribution in [1.29, 1.82) is 0 Å². The van der Waals surface area contributed by atoms with Gasteiger partial charge in [-0.3, -0.25) is 9.69 Å². The van der Waals surface area contributed by atoms with Crippen molar-refractivity contribution in [2.75, 3.05) is 26.2 Å². The average molecular weight is 420 g/mol. The molecule has 2 atom stereocenters. The number of amides is 1. The smallest absolute Gasteiger partial charge is 0.243 e. The van der Waals surface area contributed by atoms with Gasteiger partial charge in [-0.1, -0.05) is 30.3 Å². The zero-order valence-corrected chi connectivity index (χ0v) is 17.4. The highest BCUT2D eigenvalue weighted by Gasteiger charge is 2.32. The molecule has 1 saturated heterocycles. The fourth-order valence-corrected chi connectivity index (χ4v) is 4.83. The summed E-state index contributed by atoms with van der Waals surface area (Å²) in [4.78, 5) is 14.7. The zero-order chi connectivity index (χ0) is 21.0. The first-order valence-corrected chi connectivity index (χ1v) is 11.1. The van der Waals surface area contributed by atoms with Crippen molar-refractivity contribution >= 4 is 15.9 Å². The van der Waals surface area contributed by atoms with Crippen LogP contribution in [0.4, 0.5) is 4.39 Å². The number of benzene rings is 2. The van der Waals surface area contributed by atoms with Crippen LogP contribution in [0, 0.1) is 5.82 Å². The Bertz CT molecular complexity index is 927. The first kappa shape index (κ1) is 21.4. The summed E-state index contributed by atoms with van der Waals surface area (Å²) >= 11 is 0. The normalized spacial score (nSPS) is 18.2. The van der Waals surface area contributed by atoms with E-state index in [9.17, 15) is 17.6 Å². The maximum Gasteiger partial charge on any atom is 0.243 e. The van der Waals surface area contributed by atoms with Crippen LogP contribution in [-0.2, 0) is 14.8 Å². The van der Waals surface area contributed by atoms with Gasteiger partial charge in [0.15, 0.2) is 0 Å². The van der Waals surface area contributed by atoms with E-state index in [-0.39, 0.29) is 36.0 Å². The number of halogens is 1. The third-order valence-electron chi connectivity index (χ3n) is 5.31. The van der Waals surface area contributed by atoms with Gasteiger partial charge in [0.25, 0.3) is 0 Å². The molecule has 1 fully saturated rings. The third kappa shape index (κ3) is 5.01. The van der Waals surface area contributed by atoms with E-state index >= 15 is 0 Å². The van der Waals surface area contributed by atoms with Crippen LogP contribution in [0.2, 0.25) is 0 Å². The summed E-state index contributed by atoms with van der Waals surface area (Å²) < 4.78 is 39.9. The van der Waals surface area contributed by atoms with E-state index in [1.165, 1.54) is 16.4 Å². The van der Waals surface area contributed by atoms with Crippen LogP contribution in [0.15, 0.2) is 59.5 Å². The van der Waals surface area contributed by atoms with Crippen LogP contribution in [0.5, 0.6) is 0 Å². The average Bonchev–Trinajstić information content (AvgIpc) is 2.74. The van der Waals surface area contributed by atoms with Crippen molar-refractivity contribution in [3.63, 3.8) is 0 Å². The van der Waals surface area contributed by atoms with Crippen molar-refractivity contribution in [3.05, 3.63) is 66.0 Å². The molecule has 1 aliphatic heterocycles. The van der Waals surface area contributed by atoms with Crippen LogP contribution in [0.3, 0.4) is 0 Å². The maximum absolute atomic E-state index is 13.1. The van der Waals surface area contributed by atoms with Gasteiger partial charge in [0.05, 0.1) is 17.0 Å². The molecule has 29 heavy (non-hydrogen) atoms. The molecule has 3 rings (SSSR count). The Morgan fingerprint density at radius 1 is 0.966 bits per heavy atom. The fraction of sp³-hybridized carbons (Fsp3) is 0.381. The third-order valence-corrected chi connectivity index (χ3v) is 7.22. The predicted octanol–water partition coefficient (Wildman–Crippen LogP) is 2.40. The second-order valence-electron chi connectivity index (χ2n) is 7.21. The van der Waals surface area contributed by atoms with E-state index in [0.29, 0.717) is 13.1 Å². The molecule has 2 aromatic carbocycles. The number of nitrogens with one attached hydrogen (secondary N) is 1. The molecule has 8 heteroatoms. The predicted molar refractivity (Wildman–Crippen MR) is 109 cm³/mol. The number of carbonyl (C=O) groups excluding carboxylic acids is 1. The molecule has 0 aliphatic carbocycles. The van der Waals surface area contributed by atoms with Gasteiger partial charge >= 0.3 is 0 Å². The zero-order valence-electron chi connectivity index (χ0n) is 16.6. The summed E-state index contributed by atoms with van der Waals surface area (Å²) in [5, 5.41) is 3.02. The summed E-state index contributed by atoms with van der Waals surface area (Å²) in [7, 11) is -3.66. The quantitative estimate of drug-likeness (QED) is 0.781. The van der Waals surface area contributed by atoms with Gasteiger partial charge in [0, 0.05) is 26.2 Å². The molecule has 1 N–H and O–H groups in total.